The van der Waals surface area contributed by atoms with Crippen molar-refractivity contribution in [2.45, 2.75) is 12.5 Å². The molecule has 0 spiro atoms. The molecule has 0 aliphatic carbocycles. The molecule has 2 rings (SSSR count). The molecule has 18 heavy (non-hydrogen) atoms. The van der Waals surface area contributed by atoms with Gasteiger partial charge in [0.05, 0.1) is 12.8 Å². The summed E-state index contributed by atoms with van der Waals surface area (Å²) in [5, 5.41) is 10.1. The second kappa shape index (κ2) is 4.66. The van der Waals surface area contributed by atoms with E-state index in [4.69, 9.17) is 9.94 Å². The first-order valence-electron chi connectivity index (χ1n) is 5.48. The van der Waals surface area contributed by atoms with Gasteiger partial charge in [0.15, 0.2) is 0 Å². The standard InChI is InChI=1S/C12H14N2O4/c1-13(12(16)17)10-7-8-5-3-4-6-9(8)14(18-2)11(10)15/h3-6,10H,7H2,1-2H3,(H,16,17)/t10-/m1/s1. The van der Waals surface area contributed by atoms with Crippen LogP contribution in [0.2, 0.25) is 0 Å². The molecule has 1 aliphatic rings. The van der Waals surface area contributed by atoms with E-state index in [9.17, 15) is 9.59 Å². The summed E-state index contributed by atoms with van der Waals surface area (Å²) in [5.74, 6) is -0.374. The van der Waals surface area contributed by atoms with Gasteiger partial charge in [0.25, 0.3) is 5.91 Å². The highest BCUT2D eigenvalue weighted by Gasteiger charge is 2.37. The van der Waals surface area contributed by atoms with Crippen molar-refractivity contribution in [1.29, 1.82) is 0 Å². The lowest BCUT2D eigenvalue weighted by Gasteiger charge is -2.35. The molecule has 0 aromatic heterocycles. The molecular formula is C12H14N2O4. The molecule has 1 N–H and O–H groups in total. The van der Waals surface area contributed by atoms with Crippen LogP contribution in [0.25, 0.3) is 0 Å². The molecule has 0 fully saturated rings. The summed E-state index contributed by atoms with van der Waals surface area (Å²) in [5.41, 5.74) is 1.55. The van der Waals surface area contributed by atoms with Gasteiger partial charge in [0.2, 0.25) is 0 Å². The van der Waals surface area contributed by atoms with Gasteiger partial charge in [0, 0.05) is 13.5 Å². The highest BCUT2D eigenvalue weighted by atomic mass is 16.7. The summed E-state index contributed by atoms with van der Waals surface area (Å²) in [7, 11) is 2.77. The van der Waals surface area contributed by atoms with Gasteiger partial charge in [-0.2, -0.15) is 5.06 Å². The maximum atomic E-state index is 12.2. The molecule has 1 aromatic rings. The van der Waals surface area contributed by atoms with Gasteiger partial charge >= 0.3 is 6.09 Å². The molecular weight excluding hydrogens is 236 g/mol. The summed E-state index contributed by atoms with van der Waals surface area (Å²) in [4.78, 5) is 29.2. The van der Waals surface area contributed by atoms with Crippen molar-refractivity contribution in [3.05, 3.63) is 29.8 Å². The van der Waals surface area contributed by atoms with Crippen LogP contribution in [-0.2, 0) is 16.1 Å². The Morgan fingerprint density at radius 1 is 1.50 bits per heavy atom. The second-order valence-corrected chi connectivity index (χ2v) is 4.06. The van der Waals surface area contributed by atoms with E-state index in [0.717, 1.165) is 15.5 Å². The number of hydrogen-bond acceptors (Lipinski definition) is 3. The van der Waals surface area contributed by atoms with E-state index in [2.05, 4.69) is 0 Å². The van der Waals surface area contributed by atoms with Gasteiger partial charge in [-0.05, 0) is 11.6 Å². The third-order valence-electron chi connectivity index (χ3n) is 3.06. The highest BCUT2D eigenvalue weighted by Crippen LogP contribution is 2.29. The minimum atomic E-state index is -1.14. The molecule has 1 aromatic carbocycles. The van der Waals surface area contributed by atoms with Crippen LogP contribution in [0.5, 0.6) is 0 Å². The number of hydroxylamine groups is 1. The number of para-hydroxylation sites is 1. The Bertz CT molecular complexity index is 489. The average Bonchev–Trinajstić information content (AvgIpc) is 2.37. The molecule has 6 nitrogen and oxygen atoms in total. The first-order valence-corrected chi connectivity index (χ1v) is 5.48. The van der Waals surface area contributed by atoms with E-state index >= 15 is 0 Å². The molecule has 96 valence electrons. The van der Waals surface area contributed by atoms with Crippen molar-refractivity contribution in [2.75, 3.05) is 19.2 Å². The Balaban J connectivity index is 2.40. The van der Waals surface area contributed by atoms with Crippen LogP contribution in [0, 0.1) is 0 Å². The predicted octanol–water partition coefficient (Wildman–Crippen LogP) is 1.12. The predicted molar refractivity (Wildman–Crippen MR) is 64.2 cm³/mol. The Morgan fingerprint density at radius 3 is 2.78 bits per heavy atom. The first kappa shape index (κ1) is 12.4. The first-order chi connectivity index (χ1) is 8.56. The maximum absolute atomic E-state index is 12.2. The average molecular weight is 250 g/mol. The molecule has 0 saturated carbocycles. The second-order valence-electron chi connectivity index (χ2n) is 4.06. The molecule has 6 heteroatoms. The van der Waals surface area contributed by atoms with Crippen LogP contribution in [0.15, 0.2) is 24.3 Å². The number of carbonyl (C=O) groups is 2. The fourth-order valence-electron chi connectivity index (χ4n) is 2.06. The van der Waals surface area contributed by atoms with Crippen molar-refractivity contribution in [1.82, 2.24) is 4.90 Å². The van der Waals surface area contributed by atoms with E-state index in [-0.39, 0.29) is 5.91 Å². The van der Waals surface area contributed by atoms with E-state index in [1.165, 1.54) is 14.2 Å². The number of hydrogen-bond donors (Lipinski definition) is 1. The fraction of sp³-hybridized carbons (Fsp3) is 0.333. The van der Waals surface area contributed by atoms with Crippen LogP contribution in [-0.4, -0.2) is 42.2 Å². The van der Waals surface area contributed by atoms with Crippen LogP contribution >= 0.6 is 0 Å². The monoisotopic (exact) mass is 250 g/mol. The van der Waals surface area contributed by atoms with E-state index in [1.807, 2.05) is 12.1 Å². The molecule has 2 amide bonds. The summed E-state index contributed by atoms with van der Waals surface area (Å²) in [6.45, 7) is 0. The van der Waals surface area contributed by atoms with Crippen molar-refractivity contribution >= 4 is 17.7 Å². The maximum Gasteiger partial charge on any atom is 0.407 e. The van der Waals surface area contributed by atoms with Gasteiger partial charge in [-0.25, -0.2) is 4.79 Å². The number of anilines is 1. The molecule has 0 saturated heterocycles. The number of fused-ring (bicyclic) bond motifs is 1. The van der Waals surface area contributed by atoms with Crippen LogP contribution in [0.4, 0.5) is 10.5 Å². The third kappa shape index (κ3) is 1.91. The van der Waals surface area contributed by atoms with Gasteiger partial charge in [-0.1, -0.05) is 18.2 Å². The highest BCUT2D eigenvalue weighted by molar-refractivity contribution is 5.99. The number of likely N-dealkylation sites (N-methyl/N-ethyl adjacent to an activating group) is 1. The van der Waals surface area contributed by atoms with E-state index < -0.39 is 12.1 Å². The Labute approximate surface area is 104 Å². The van der Waals surface area contributed by atoms with Crippen molar-refractivity contribution in [2.24, 2.45) is 0 Å². The lowest BCUT2D eigenvalue weighted by atomic mass is 9.98. The molecule has 0 unspecified atom stereocenters. The number of carboxylic acid groups (broad SMARTS) is 1. The van der Waals surface area contributed by atoms with Crippen molar-refractivity contribution < 1.29 is 19.5 Å². The topological polar surface area (TPSA) is 70.1 Å². The van der Waals surface area contributed by atoms with Gasteiger partial charge in [-0.3, -0.25) is 14.5 Å². The zero-order valence-corrected chi connectivity index (χ0v) is 10.2. The van der Waals surface area contributed by atoms with E-state index in [0.29, 0.717) is 12.1 Å². The van der Waals surface area contributed by atoms with Crippen molar-refractivity contribution in [3.63, 3.8) is 0 Å². The minimum absolute atomic E-state index is 0.359. The fourth-order valence-corrected chi connectivity index (χ4v) is 2.06. The summed E-state index contributed by atoms with van der Waals surface area (Å²) >= 11 is 0. The summed E-state index contributed by atoms with van der Waals surface area (Å²) in [6.07, 6.45) is -0.777. The largest absolute Gasteiger partial charge is 0.465 e. The van der Waals surface area contributed by atoms with E-state index in [1.54, 1.807) is 12.1 Å². The number of benzene rings is 1. The van der Waals surface area contributed by atoms with Crippen LogP contribution in [0.3, 0.4) is 0 Å². The third-order valence-corrected chi connectivity index (χ3v) is 3.06. The number of rotatable bonds is 2. The van der Waals surface area contributed by atoms with Gasteiger partial charge in [0.1, 0.15) is 6.04 Å². The van der Waals surface area contributed by atoms with Crippen LogP contribution < -0.4 is 5.06 Å². The lowest BCUT2D eigenvalue weighted by molar-refractivity contribution is -0.129. The molecule has 1 atom stereocenters. The minimum Gasteiger partial charge on any atom is -0.465 e. The number of amides is 2. The molecule has 1 heterocycles. The van der Waals surface area contributed by atoms with Gasteiger partial charge < -0.3 is 5.11 Å². The lowest BCUT2D eigenvalue weighted by Crippen LogP contribution is -2.52. The zero-order valence-electron chi connectivity index (χ0n) is 10.2. The Kier molecular flexibility index (Phi) is 3.20. The molecule has 0 radical (unpaired) electrons. The number of nitrogens with zero attached hydrogens (tertiary/aromatic N) is 2. The Morgan fingerprint density at radius 2 is 2.17 bits per heavy atom. The van der Waals surface area contributed by atoms with Gasteiger partial charge in [-0.15, -0.1) is 0 Å². The summed E-state index contributed by atoms with van der Waals surface area (Å²) < 4.78 is 0. The zero-order chi connectivity index (χ0) is 13.3. The smallest absolute Gasteiger partial charge is 0.407 e. The molecule has 1 aliphatic heterocycles. The number of carbonyl (C=O) groups excluding carboxylic acids is 1. The van der Waals surface area contributed by atoms with Crippen LogP contribution in [0.1, 0.15) is 5.56 Å². The molecule has 0 bridgehead atoms. The Hall–Kier alpha value is -2.08. The summed E-state index contributed by atoms with van der Waals surface area (Å²) in [6, 6.07) is 6.53. The SMILES string of the molecule is CON1C(=O)[C@H](N(C)C(=O)O)Cc2ccccc21. The van der Waals surface area contributed by atoms with Crippen molar-refractivity contribution in [3.8, 4) is 0 Å². The normalized spacial score (nSPS) is 18.4. The quantitative estimate of drug-likeness (QED) is 0.853.